The van der Waals surface area contributed by atoms with Crippen molar-refractivity contribution in [2.45, 2.75) is 33.6 Å². The van der Waals surface area contributed by atoms with E-state index in [4.69, 9.17) is 10.5 Å². The van der Waals surface area contributed by atoms with Crippen molar-refractivity contribution in [3.63, 3.8) is 0 Å². The van der Waals surface area contributed by atoms with Gasteiger partial charge in [-0.05, 0) is 35.6 Å². The molecular formula is C15H26N2O. The third kappa shape index (κ3) is 3.91. The maximum absolute atomic E-state index is 5.75. The Kier molecular flexibility index (Phi) is 5.03. The van der Waals surface area contributed by atoms with Crippen LogP contribution in [0.5, 0.6) is 5.75 Å². The second-order valence-corrected chi connectivity index (χ2v) is 5.84. The van der Waals surface area contributed by atoms with Crippen molar-refractivity contribution in [3.05, 3.63) is 23.8 Å². The lowest BCUT2D eigenvalue weighted by Gasteiger charge is -2.24. The third-order valence-corrected chi connectivity index (χ3v) is 3.20. The Morgan fingerprint density at radius 2 is 2.00 bits per heavy atom. The van der Waals surface area contributed by atoms with E-state index < -0.39 is 0 Å². The van der Waals surface area contributed by atoms with Crippen LogP contribution in [-0.2, 0) is 0 Å². The molecule has 3 nitrogen and oxygen atoms in total. The van der Waals surface area contributed by atoms with Crippen molar-refractivity contribution >= 4 is 5.69 Å². The summed E-state index contributed by atoms with van der Waals surface area (Å²) < 4.78 is 5.39. The van der Waals surface area contributed by atoms with Gasteiger partial charge in [-0.3, -0.25) is 0 Å². The van der Waals surface area contributed by atoms with Gasteiger partial charge in [0.1, 0.15) is 5.75 Å². The average Bonchev–Trinajstić information content (AvgIpc) is 2.36. The van der Waals surface area contributed by atoms with Gasteiger partial charge in [0.25, 0.3) is 0 Å². The zero-order chi connectivity index (χ0) is 13.8. The van der Waals surface area contributed by atoms with Crippen LogP contribution in [0.3, 0.4) is 0 Å². The SMILES string of the molecule is COc1ccc(C(C)C)cc1NCC(C)(C)CN. The Morgan fingerprint density at radius 1 is 1.33 bits per heavy atom. The van der Waals surface area contributed by atoms with E-state index in [2.05, 4.69) is 45.1 Å². The predicted molar refractivity (Wildman–Crippen MR) is 78.4 cm³/mol. The molecule has 0 fully saturated rings. The van der Waals surface area contributed by atoms with Gasteiger partial charge in [0, 0.05) is 6.54 Å². The molecule has 0 radical (unpaired) electrons. The summed E-state index contributed by atoms with van der Waals surface area (Å²) in [4.78, 5) is 0. The number of benzene rings is 1. The number of hydrogen-bond acceptors (Lipinski definition) is 3. The van der Waals surface area contributed by atoms with Crippen molar-refractivity contribution < 1.29 is 4.74 Å². The van der Waals surface area contributed by atoms with Crippen LogP contribution in [0.25, 0.3) is 0 Å². The highest BCUT2D eigenvalue weighted by atomic mass is 16.5. The molecule has 0 aliphatic heterocycles. The summed E-state index contributed by atoms with van der Waals surface area (Å²) in [6, 6.07) is 6.30. The second kappa shape index (κ2) is 6.10. The van der Waals surface area contributed by atoms with Gasteiger partial charge >= 0.3 is 0 Å². The number of hydrogen-bond donors (Lipinski definition) is 2. The standard InChI is InChI=1S/C15H26N2O/c1-11(2)12-6-7-14(18-5)13(8-12)17-10-15(3,4)9-16/h6-8,11,17H,9-10,16H2,1-5H3. The number of ether oxygens (including phenoxy) is 1. The molecule has 0 spiro atoms. The molecule has 0 bridgehead atoms. The topological polar surface area (TPSA) is 47.3 Å². The van der Waals surface area contributed by atoms with Crippen LogP contribution in [0.2, 0.25) is 0 Å². The van der Waals surface area contributed by atoms with E-state index in [1.165, 1.54) is 5.56 Å². The van der Waals surface area contributed by atoms with E-state index in [0.717, 1.165) is 18.0 Å². The quantitative estimate of drug-likeness (QED) is 0.815. The smallest absolute Gasteiger partial charge is 0.141 e. The maximum Gasteiger partial charge on any atom is 0.141 e. The van der Waals surface area contributed by atoms with Crippen LogP contribution in [0, 0.1) is 5.41 Å². The first-order valence-corrected chi connectivity index (χ1v) is 6.51. The van der Waals surface area contributed by atoms with Gasteiger partial charge < -0.3 is 15.8 Å². The number of rotatable bonds is 6. The third-order valence-electron chi connectivity index (χ3n) is 3.20. The van der Waals surface area contributed by atoms with E-state index in [1.807, 2.05) is 6.07 Å². The fourth-order valence-electron chi connectivity index (χ4n) is 1.63. The molecule has 1 aromatic carbocycles. The largest absolute Gasteiger partial charge is 0.495 e. The van der Waals surface area contributed by atoms with Gasteiger partial charge in [-0.25, -0.2) is 0 Å². The zero-order valence-electron chi connectivity index (χ0n) is 12.2. The fraction of sp³-hybridized carbons (Fsp3) is 0.600. The Labute approximate surface area is 111 Å². The first kappa shape index (κ1) is 14.8. The molecule has 0 aromatic heterocycles. The molecule has 1 rings (SSSR count). The average molecular weight is 250 g/mol. The first-order valence-electron chi connectivity index (χ1n) is 6.51. The van der Waals surface area contributed by atoms with Crippen molar-refractivity contribution in [2.24, 2.45) is 11.1 Å². The van der Waals surface area contributed by atoms with Crippen molar-refractivity contribution in [1.82, 2.24) is 0 Å². The Bertz CT molecular complexity index is 386. The minimum Gasteiger partial charge on any atom is -0.495 e. The summed E-state index contributed by atoms with van der Waals surface area (Å²) in [5.41, 5.74) is 8.19. The molecule has 0 aliphatic rings. The van der Waals surface area contributed by atoms with Crippen LogP contribution in [0.15, 0.2) is 18.2 Å². The number of nitrogens with one attached hydrogen (secondary N) is 1. The normalized spacial score (nSPS) is 11.7. The lowest BCUT2D eigenvalue weighted by Crippen LogP contribution is -2.31. The van der Waals surface area contributed by atoms with E-state index in [1.54, 1.807) is 7.11 Å². The molecule has 0 aliphatic carbocycles. The number of nitrogens with two attached hydrogens (primary N) is 1. The Morgan fingerprint density at radius 3 is 2.50 bits per heavy atom. The molecular weight excluding hydrogens is 224 g/mol. The predicted octanol–water partition coefficient (Wildman–Crippen LogP) is 3.22. The molecule has 0 unspecified atom stereocenters. The van der Waals surface area contributed by atoms with Crippen molar-refractivity contribution in [2.75, 3.05) is 25.5 Å². The first-order chi connectivity index (χ1) is 8.39. The minimum atomic E-state index is 0.0822. The highest BCUT2D eigenvalue weighted by Crippen LogP contribution is 2.29. The summed E-state index contributed by atoms with van der Waals surface area (Å²) in [5, 5.41) is 3.45. The summed E-state index contributed by atoms with van der Waals surface area (Å²) >= 11 is 0. The minimum absolute atomic E-state index is 0.0822. The highest BCUT2D eigenvalue weighted by molar-refractivity contribution is 5.58. The van der Waals surface area contributed by atoms with Gasteiger partial charge in [-0.15, -0.1) is 0 Å². The Hall–Kier alpha value is -1.22. The molecule has 0 amide bonds. The van der Waals surface area contributed by atoms with Crippen LogP contribution in [0.4, 0.5) is 5.69 Å². The molecule has 0 saturated carbocycles. The monoisotopic (exact) mass is 250 g/mol. The molecule has 0 atom stereocenters. The number of methoxy groups -OCH3 is 1. The van der Waals surface area contributed by atoms with Crippen LogP contribution >= 0.6 is 0 Å². The summed E-state index contributed by atoms with van der Waals surface area (Å²) in [5.74, 6) is 1.39. The summed E-state index contributed by atoms with van der Waals surface area (Å²) in [6.45, 7) is 10.2. The summed E-state index contributed by atoms with van der Waals surface area (Å²) in [6.07, 6.45) is 0. The molecule has 0 heterocycles. The molecule has 0 saturated heterocycles. The van der Waals surface area contributed by atoms with Gasteiger partial charge in [0.2, 0.25) is 0 Å². The number of anilines is 1. The van der Waals surface area contributed by atoms with Crippen molar-refractivity contribution in [1.29, 1.82) is 0 Å². The molecule has 18 heavy (non-hydrogen) atoms. The van der Waals surface area contributed by atoms with Crippen LogP contribution < -0.4 is 15.8 Å². The fourth-order valence-corrected chi connectivity index (χ4v) is 1.63. The van der Waals surface area contributed by atoms with Gasteiger partial charge in [-0.2, -0.15) is 0 Å². The highest BCUT2D eigenvalue weighted by Gasteiger charge is 2.16. The maximum atomic E-state index is 5.75. The van der Waals surface area contributed by atoms with E-state index >= 15 is 0 Å². The van der Waals surface area contributed by atoms with Gasteiger partial charge in [-0.1, -0.05) is 33.8 Å². The lowest BCUT2D eigenvalue weighted by molar-refractivity contribution is 0.399. The van der Waals surface area contributed by atoms with E-state index in [0.29, 0.717) is 12.5 Å². The van der Waals surface area contributed by atoms with Crippen molar-refractivity contribution in [3.8, 4) is 5.75 Å². The van der Waals surface area contributed by atoms with Gasteiger partial charge in [0.15, 0.2) is 0 Å². The molecule has 102 valence electrons. The van der Waals surface area contributed by atoms with Gasteiger partial charge in [0.05, 0.1) is 12.8 Å². The molecule has 1 aromatic rings. The zero-order valence-corrected chi connectivity index (χ0v) is 12.2. The van der Waals surface area contributed by atoms with Crippen LogP contribution in [-0.4, -0.2) is 20.2 Å². The second-order valence-electron chi connectivity index (χ2n) is 5.84. The van der Waals surface area contributed by atoms with E-state index in [-0.39, 0.29) is 5.41 Å². The summed E-state index contributed by atoms with van der Waals surface area (Å²) in [7, 11) is 1.70. The lowest BCUT2D eigenvalue weighted by atomic mass is 9.93. The molecule has 3 N–H and O–H groups in total. The molecule has 3 heteroatoms. The van der Waals surface area contributed by atoms with Crippen LogP contribution in [0.1, 0.15) is 39.2 Å². The Balaban J connectivity index is 2.88. The van der Waals surface area contributed by atoms with E-state index in [9.17, 15) is 0 Å².